The third-order valence-corrected chi connectivity index (χ3v) is 5.83. The van der Waals surface area contributed by atoms with Crippen LogP contribution in [-0.4, -0.2) is 20.7 Å². The van der Waals surface area contributed by atoms with Crippen molar-refractivity contribution in [1.82, 2.24) is 9.55 Å². The number of rotatable bonds is 7. The van der Waals surface area contributed by atoms with E-state index in [2.05, 4.69) is 50.4 Å². The van der Waals surface area contributed by atoms with Crippen molar-refractivity contribution in [2.75, 3.05) is 5.43 Å². The standard InChI is InChI=1S/C28H20ClN5O2/c29-23-11-13-24(14-12-23)33-26(20-7-3-1-4-8-20)17-22(28(33)21-9-5-2-6-10-21)18-31-32-27-16-15-25(19-30-27)34(35)36/h1-19H,(H,30,32)/b31-18-. The number of aromatic nitrogens is 2. The van der Waals surface area contributed by atoms with Gasteiger partial charge in [0, 0.05) is 22.3 Å². The number of pyridine rings is 1. The van der Waals surface area contributed by atoms with Gasteiger partial charge in [-0.15, -0.1) is 0 Å². The Bertz CT molecular complexity index is 1510. The second-order valence-electron chi connectivity index (χ2n) is 7.91. The lowest BCUT2D eigenvalue weighted by Crippen LogP contribution is -2.01. The first-order valence-electron chi connectivity index (χ1n) is 11.1. The maximum Gasteiger partial charge on any atom is 0.287 e. The van der Waals surface area contributed by atoms with Crippen molar-refractivity contribution in [1.29, 1.82) is 0 Å². The molecule has 8 heteroatoms. The van der Waals surface area contributed by atoms with Gasteiger partial charge < -0.3 is 4.57 Å². The zero-order valence-electron chi connectivity index (χ0n) is 19.0. The third-order valence-electron chi connectivity index (χ3n) is 5.57. The van der Waals surface area contributed by atoms with E-state index in [1.165, 1.54) is 18.3 Å². The number of nitrogens with zero attached hydrogens (tertiary/aromatic N) is 4. The molecule has 0 fully saturated rings. The zero-order valence-corrected chi connectivity index (χ0v) is 19.7. The van der Waals surface area contributed by atoms with Crippen LogP contribution in [0.5, 0.6) is 0 Å². The minimum absolute atomic E-state index is 0.0802. The maximum absolute atomic E-state index is 10.9. The molecule has 0 saturated carbocycles. The highest BCUT2D eigenvalue weighted by molar-refractivity contribution is 6.30. The molecular formula is C28H20ClN5O2. The number of hydrogen-bond donors (Lipinski definition) is 1. The van der Waals surface area contributed by atoms with E-state index in [0.29, 0.717) is 10.8 Å². The molecular weight excluding hydrogens is 474 g/mol. The van der Waals surface area contributed by atoms with E-state index in [1.54, 1.807) is 6.21 Å². The largest absolute Gasteiger partial charge is 0.309 e. The quantitative estimate of drug-likeness (QED) is 0.147. The van der Waals surface area contributed by atoms with Gasteiger partial charge in [-0.2, -0.15) is 5.10 Å². The van der Waals surface area contributed by atoms with E-state index >= 15 is 0 Å². The third kappa shape index (κ3) is 4.87. The monoisotopic (exact) mass is 493 g/mol. The Balaban J connectivity index is 1.63. The zero-order chi connectivity index (χ0) is 24.9. The summed E-state index contributed by atoms with van der Waals surface area (Å²) in [5, 5.41) is 15.9. The summed E-state index contributed by atoms with van der Waals surface area (Å²) in [5.74, 6) is 0.401. The molecule has 5 rings (SSSR count). The smallest absolute Gasteiger partial charge is 0.287 e. The molecule has 2 heterocycles. The SMILES string of the molecule is O=[N+]([O-])c1ccc(N/N=C\c2cc(-c3ccccc3)n(-c3ccc(Cl)cc3)c2-c2ccccc2)nc1. The predicted molar refractivity (Wildman–Crippen MR) is 144 cm³/mol. The highest BCUT2D eigenvalue weighted by atomic mass is 35.5. The van der Waals surface area contributed by atoms with Crippen LogP contribution in [0.1, 0.15) is 5.56 Å². The first-order valence-corrected chi connectivity index (χ1v) is 11.5. The van der Waals surface area contributed by atoms with E-state index in [9.17, 15) is 10.1 Å². The fourth-order valence-corrected chi connectivity index (χ4v) is 4.05. The molecule has 0 saturated heterocycles. The second-order valence-corrected chi connectivity index (χ2v) is 8.34. The molecule has 0 unspecified atom stereocenters. The molecule has 0 aliphatic heterocycles. The Hall–Kier alpha value is -4.75. The summed E-state index contributed by atoms with van der Waals surface area (Å²) in [6.07, 6.45) is 2.92. The minimum Gasteiger partial charge on any atom is -0.309 e. The molecule has 1 N–H and O–H groups in total. The van der Waals surface area contributed by atoms with Crippen LogP contribution in [0.4, 0.5) is 11.5 Å². The van der Waals surface area contributed by atoms with Crippen LogP contribution in [0.2, 0.25) is 5.02 Å². The molecule has 0 bridgehead atoms. The van der Waals surface area contributed by atoms with Gasteiger partial charge in [-0.25, -0.2) is 4.98 Å². The summed E-state index contributed by atoms with van der Waals surface area (Å²) < 4.78 is 2.19. The Morgan fingerprint density at radius 1 is 0.889 bits per heavy atom. The summed E-state index contributed by atoms with van der Waals surface area (Å²) in [7, 11) is 0. The Morgan fingerprint density at radius 3 is 2.17 bits per heavy atom. The summed E-state index contributed by atoms with van der Waals surface area (Å²) in [6, 6.07) is 32.9. The predicted octanol–water partition coefficient (Wildman–Crippen LogP) is 7.21. The molecule has 0 amide bonds. The first-order chi connectivity index (χ1) is 17.6. The van der Waals surface area contributed by atoms with Crippen molar-refractivity contribution in [3.05, 3.63) is 130 Å². The number of hydrazone groups is 1. The number of nitro groups is 1. The highest BCUT2D eigenvalue weighted by Crippen LogP contribution is 2.35. The van der Waals surface area contributed by atoms with Crippen molar-refractivity contribution in [2.45, 2.75) is 0 Å². The van der Waals surface area contributed by atoms with Gasteiger partial charge in [0.15, 0.2) is 0 Å². The average molecular weight is 494 g/mol. The van der Waals surface area contributed by atoms with Crippen molar-refractivity contribution in [3.63, 3.8) is 0 Å². The summed E-state index contributed by atoms with van der Waals surface area (Å²) >= 11 is 6.19. The molecule has 0 atom stereocenters. The van der Waals surface area contributed by atoms with E-state index in [1.807, 2.05) is 60.7 Å². The molecule has 0 spiro atoms. The van der Waals surface area contributed by atoms with Gasteiger partial charge in [-0.05, 0) is 47.5 Å². The fraction of sp³-hybridized carbons (Fsp3) is 0. The van der Waals surface area contributed by atoms with E-state index in [0.717, 1.165) is 33.8 Å². The maximum atomic E-state index is 10.9. The van der Waals surface area contributed by atoms with Crippen LogP contribution in [0, 0.1) is 10.1 Å². The summed E-state index contributed by atoms with van der Waals surface area (Å²) in [5.41, 5.74) is 8.64. The number of benzene rings is 3. The van der Waals surface area contributed by atoms with Gasteiger partial charge >= 0.3 is 0 Å². The lowest BCUT2D eigenvalue weighted by molar-refractivity contribution is -0.385. The van der Waals surface area contributed by atoms with Gasteiger partial charge in [-0.1, -0.05) is 72.3 Å². The number of hydrogen-bond acceptors (Lipinski definition) is 5. The van der Waals surface area contributed by atoms with Crippen LogP contribution in [0.15, 0.2) is 114 Å². The number of nitrogens with one attached hydrogen (secondary N) is 1. The van der Waals surface area contributed by atoms with Crippen molar-refractivity contribution in [3.8, 4) is 28.2 Å². The molecule has 7 nitrogen and oxygen atoms in total. The Labute approximate surface area is 212 Å². The van der Waals surface area contributed by atoms with Gasteiger partial charge in [0.1, 0.15) is 12.0 Å². The van der Waals surface area contributed by atoms with E-state index in [4.69, 9.17) is 11.6 Å². The normalized spacial score (nSPS) is 11.0. The van der Waals surface area contributed by atoms with E-state index < -0.39 is 4.92 Å². The second kappa shape index (κ2) is 10.2. The topological polar surface area (TPSA) is 85.4 Å². The van der Waals surface area contributed by atoms with Crippen LogP contribution in [0.3, 0.4) is 0 Å². The van der Waals surface area contributed by atoms with Crippen molar-refractivity contribution in [2.24, 2.45) is 5.10 Å². The molecule has 176 valence electrons. The Kier molecular flexibility index (Phi) is 6.55. The van der Waals surface area contributed by atoms with Gasteiger partial charge in [0.25, 0.3) is 5.69 Å². The van der Waals surface area contributed by atoms with Crippen molar-refractivity contribution >= 4 is 29.3 Å². The van der Waals surface area contributed by atoms with E-state index in [-0.39, 0.29) is 5.69 Å². The fourth-order valence-electron chi connectivity index (χ4n) is 3.93. The van der Waals surface area contributed by atoms with Gasteiger partial charge in [0.05, 0.1) is 22.5 Å². The molecule has 0 aliphatic rings. The van der Waals surface area contributed by atoms with Crippen LogP contribution in [-0.2, 0) is 0 Å². The lowest BCUT2D eigenvalue weighted by atomic mass is 10.1. The molecule has 3 aromatic carbocycles. The molecule has 36 heavy (non-hydrogen) atoms. The summed E-state index contributed by atoms with van der Waals surface area (Å²) in [6.45, 7) is 0. The van der Waals surface area contributed by atoms with Gasteiger partial charge in [-0.3, -0.25) is 15.5 Å². The minimum atomic E-state index is -0.489. The lowest BCUT2D eigenvalue weighted by Gasteiger charge is -2.15. The van der Waals surface area contributed by atoms with Crippen LogP contribution in [0.25, 0.3) is 28.2 Å². The first kappa shape index (κ1) is 23.0. The van der Waals surface area contributed by atoms with Gasteiger partial charge in [0.2, 0.25) is 0 Å². The van der Waals surface area contributed by atoms with Crippen LogP contribution >= 0.6 is 11.6 Å². The Morgan fingerprint density at radius 2 is 1.56 bits per heavy atom. The number of anilines is 1. The molecule has 2 aromatic heterocycles. The number of halogens is 1. The summed E-state index contributed by atoms with van der Waals surface area (Å²) in [4.78, 5) is 14.4. The average Bonchev–Trinajstić information content (AvgIpc) is 3.30. The molecule has 0 radical (unpaired) electrons. The highest BCUT2D eigenvalue weighted by Gasteiger charge is 2.18. The van der Waals surface area contributed by atoms with Crippen molar-refractivity contribution < 1.29 is 4.92 Å². The molecule has 5 aromatic rings. The van der Waals surface area contributed by atoms with Crippen LogP contribution < -0.4 is 5.43 Å². The molecule has 0 aliphatic carbocycles.